The Bertz CT molecular complexity index is 494. The zero-order valence-corrected chi connectivity index (χ0v) is 12.8. The summed E-state index contributed by atoms with van der Waals surface area (Å²) >= 11 is 5.84. The van der Waals surface area contributed by atoms with Gasteiger partial charge in [-0.3, -0.25) is 9.59 Å². The van der Waals surface area contributed by atoms with Crippen LogP contribution in [-0.2, 0) is 16.0 Å². The molecule has 1 fully saturated rings. The molecule has 0 atom stereocenters. The van der Waals surface area contributed by atoms with Crippen molar-refractivity contribution in [2.24, 2.45) is 11.7 Å². The number of carbonyl (C=O) groups excluding carboxylic acids is 2. The molecule has 114 valence electrons. The summed E-state index contributed by atoms with van der Waals surface area (Å²) in [6.45, 7) is 1.47. The maximum atomic E-state index is 12.2. The molecule has 0 saturated carbocycles. The zero-order valence-electron chi connectivity index (χ0n) is 12.1. The van der Waals surface area contributed by atoms with E-state index in [1.807, 2.05) is 29.2 Å². The Morgan fingerprint density at radius 3 is 2.38 bits per heavy atom. The molecule has 5 heteroatoms. The Labute approximate surface area is 130 Å². The molecule has 2 N–H and O–H groups in total. The fraction of sp³-hybridized carbons (Fsp3) is 0.500. The van der Waals surface area contributed by atoms with Gasteiger partial charge in [0.2, 0.25) is 11.8 Å². The minimum atomic E-state index is -0.248. The van der Waals surface area contributed by atoms with E-state index in [0.717, 1.165) is 37.9 Å². The highest BCUT2D eigenvalue weighted by Gasteiger charge is 2.23. The first-order valence-electron chi connectivity index (χ1n) is 7.35. The maximum absolute atomic E-state index is 12.2. The highest BCUT2D eigenvalue weighted by molar-refractivity contribution is 6.30. The monoisotopic (exact) mass is 308 g/mol. The number of nitrogens with two attached hydrogens (primary N) is 1. The van der Waals surface area contributed by atoms with Gasteiger partial charge in [0, 0.05) is 31.0 Å². The number of primary amides is 1. The third-order valence-electron chi connectivity index (χ3n) is 4.00. The number of rotatable bonds is 5. The molecule has 1 aromatic rings. The van der Waals surface area contributed by atoms with Gasteiger partial charge in [0.15, 0.2) is 0 Å². The summed E-state index contributed by atoms with van der Waals surface area (Å²) in [6.07, 6.45) is 3.43. The standard InChI is InChI=1S/C16H21ClN2O2/c17-14-4-1-12(2-5-14)3-6-16(21)19-9-7-13(8-10-19)11-15(18)20/h1-2,4-5,13H,3,6-11H2,(H2,18,20). The summed E-state index contributed by atoms with van der Waals surface area (Å²) in [4.78, 5) is 25.0. The van der Waals surface area contributed by atoms with Crippen LogP contribution < -0.4 is 5.73 Å². The summed E-state index contributed by atoms with van der Waals surface area (Å²) in [5.41, 5.74) is 6.33. The molecule has 2 amide bonds. The molecule has 4 nitrogen and oxygen atoms in total. The highest BCUT2D eigenvalue weighted by Crippen LogP contribution is 2.21. The van der Waals surface area contributed by atoms with Crippen LogP contribution in [0.25, 0.3) is 0 Å². The third kappa shape index (κ3) is 5.05. The van der Waals surface area contributed by atoms with E-state index in [4.69, 9.17) is 17.3 Å². The summed E-state index contributed by atoms with van der Waals surface area (Å²) in [5.74, 6) is 0.271. The Morgan fingerprint density at radius 1 is 1.19 bits per heavy atom. The Balaban J connectivity index is 1.74. The lowest BCUT2D eigenvalue weighted by molar-refractivity contribution is -0.132. The van der Waals surface area contributed by atoms with Gasteiger partial charge in [-0.2, -0.15) is 0 Å². The van der Waals surface area contributed by atoms with E-state index < -0.39 is 0 Å². The number of halogens is 1. The van der Waals surface area contributed by atoms with Crippen molar-refractivity contribution in [3.63, 3.8) is 0 Å². The van der Waals surface area contributed by atoms with Crippen LogP contribution in [0.1, 0.15) is 31.2 Å². The molecular formula is C16H21ClN2O2. The van der Waals surface area contributed by atoms with E-state index in [2.05, 4.69) is 0 Å². The van der Waals surface area contributed by atoms with Crippen molar-refractivity contribution in [2.75, 3.05) is 13.1 Å². The number of hydrogen-bond donors (Lipinski definition) is 1. The minimum Gasteiger partial charge on any atom is -0.370 e. The first-order chi connectivity index (χ1) is 10.0. The van der Waals surface area contributed by atoms with Crippen LogP contribution >= 0.6 is 11.6 Å². The van der Waals surface area contributed by atoms with E-state index >= 15 is 0 Å². The molecule has 1 heterocycles. The van der Waals surface area contributed by atoms with Crippen LogP contribution in [0.15, 0.2) is 24.3 Å². The topological polar surface area (TPSA) is 63.4 Å². The molecule has 1 aliphatic heterocycles. The maximum Gasteiger partial charge on any atom is 0.222 e. The number of likely N-dealkylation sites (tertiary alicyclic amines) is 1. The predicted octanol–water partition coefficient (Wildman–Crippen LogP) is 2.39. The summed E-state index contributed by atoms with van der Waals surface area (Å²) < 4.78 is 0. The second-order valence-corrected chi connectivity index (χ2v) is 6.06. The first-order valence-corrected chi connectivity index (χ1v) is 7.73. The van der Waals surface area contributed by atoms with Gasteiger partial charge in [0.1, 0.15) is 0 Å². The number of benzene rings is 1. The zero-order chi connectivity index (χ0) is 15.2. The van der Waals surface area contributed by atoms with E-state index in [1.165, 1.54) is 0 Å². The van der Waals surface area contributed by atoms with Gasteiger partial charge in [0.25, 0.3) is 0 Å². The Kier molecular flexibility index (Phi) is 5.62. The number of carbonyl (C=O) groups is 2. The fourth-order valence-electron chi connectivity index (χ4n) is 2.73. The summed E-state index contributed by atoms with van der Waals surface area (Å²) in [5, 5.41) is 0.710. The van der Waals surface area contributed by atoms with Crippen LogP contribution in [0.3, 0.4) is 0 Å². The number of amides is 2. The summed E-state index contributed by atoms with van der Waals surface area (Å²) in [6, 6.07) is 7.59. The lowest BCUT2D eigenvalue weighted by Gasteiger charge is -2.31. The van der Waals surface area contributed by atoms with E-state index in [-0.39, 0.29) is 11.8 Å². The molecule has 1 saturated heterocycles. The summed E-state index contributed by atoms with van der Waals surface area (Å²) in [7, 11) is 0. The van der Waals surface area contributed by atoms with Gasteiger partial charge in [-0.15, -0.1) is 0 Å². The third-order valence-corrected chi connectivity index (χ3v) is 4.25. The van der Waals surface area contributed by atoms with Gasteiger partial charge in [0.05, 0.1) is 0 Å². The Morgan fingerprint density at radius 2 is 1.81 bits per heavy atom. The van der Waals surface area contributed by atoms with Gasteiger partial charge >= 0.3 is 0 Å². The molecule has 2 rings (SSSR count). The van der Waals surface area contributed by atoms with Crippen LogP contribution in [-0.4, -0.2) is 29.8 Å². The Hall–Kier alpha value is -1.55. The van der Waals surface area contributed by atoms with Crippen molar-refractivity contribution in [1.29, 1.82) is 0 Å². The fourth-order valence-corrected chi connectivity index (χ4v) is 2.86. The van der Waals surface area contributed by atoms with E-state index in [0.29, 0.717) is 23.8 Å². The van der Waals surface area contributed by atoms with Crippen LogP contribution in [0, 0.1) is 5.92 Å². The average molecular weight is 309 g/mol. The molecule has 0 radical (unpaired) electrons. The van der Waals surface area contributed by atoms with Crippen molar-refractivity contribution >= 4 is 23.4 Å². The smallest absolute Gasteiger partial charge is 0.222 e. The second-order valence-electron chi connectivity index (χ2n) is 5.62. The van der Waals surface area contributed by atoms with Crippen LogP contribution in [0.2, 0.25) is 5.02 Å². The molecule has 0 spiro atoms. The minimum absolute atomic E-state index is 0.183. The SMILES string of the molecule is NC(=O)CC1CCN(C(=O)CCc2ccc(Cl)cc2)CC1. The molecular weight excluding hydrogens is 288 g/mol. The molecule has 0 unspecified atom stereocenters. The van der Waals surface area contributed by atoms with Gasteiger partial charge in [-0.25, -0.2) is 0 Å². The molecule has 0 bridgehead atoms. The van der Waals surface area contributed by atoms with Crippen molar-refractivity contribution in [1.82, 2.24) is 4.90 Å². The van der Waals surface area contributed by atoms with Crippen LogP contribution in [0.4, 0.5) is 0 Å². The number of nitrogens with zero attached hydrogens (tertiary/aromatic N) is 1. The number of hydrogen-bond acceptors (Lipinski definition) is 2. The normalized spacial score (nSPS) is 16.0. The van der Waals surface area contributed by atoms with E-state index in [1.54, 1.807) is 0 Å². The van der Waals surface area contributed by atoms with Crippen molar-refractivity contribution in [3.8, 4) is 0 Å². The second kappa shape index (κ2) is 7.46. The van der Waals surface area contributed by atoms with Crippen LogP contribution in [0.5, 0.6) is 0 Å². The van der Waals surface area contributed by atoms with Gasteiger partial charge in [-0.1, -0.05) is 23.7 Å². The van der Waals surface area contributed by atoms with Crippen molar-refractivity contribution < 1.29 is 9.59 Å². The lowest BCUT2D eigenvalue weighted by Crippen LogP contribution is -2.39. The average Bonchev–Trinajstić information content (AvgIpc) is 2.46. The molecule has 0 aliphatic carbocycles. The van der Waals surface area contributed by atoms with E-state index in [9.17, 15) is 9.59 Å². The largest absolute Gasteiger partial charge is 0.370 e. The molecule has 1 aromatic carbocycles. The number of piperidine rings is 1. The quantitative estimate of drug-likeness (QED) is 0.907. The molecule has 1 aliphatic rings. The molecule has 21 heavy (non-hydrogen) atoms. The van der Waals surface area contributed by atoms with Gasteiger partial charge < -0.3 is 10.6 Å². The van der Waals surface area contributed by atoms with Gasteiger partial charge in [-0.05, 0) is 42.9 Å². The lowest BCUT2D eigenvalue weighted by atomic mass is 9.93. The predicted molar refractivity (Wildman–Crippen MR) is 82.9 cm³/mol. The van der Waals surface area contributed by atoms with Crippen molar-refractivity contribution in [2.45, 2.75) is 32.1 Å². The number of aryl methyl sites for hydroxylation is 1. The highest BCUT2D eigenvalue weighted by atomic mass is 35.5. The molecule has 0 aromatic heterocycles. The first kappa shape index (κ1) is 15.8. The van der Waals surface area contributed by atoms with Crippen molar-refractivity contribution in [3.05, 3.63) is 34.9 Å².